The lowest BCUT2D eigenvalue weighted by atomic mass is 9.79. The van der Waals surface area contributed by atoms with Gasteiger partial charge in [0.25, 0.3) is 0 Å². The molecule has 0 aromatic heterocycles. The highest BCUT2D eigenvalue weighted by molar-refractivity contribution is 5.87. The van der Waals surface area contributed by atoms with E-state index in [0.717, 1.165) is 16.7 Å². The predicted molar refractivity (Wildman–Crippen MR) is 118 cm³/mol. The summed E-state index contributed by atoms with van der Waals surface area (Å²) >= 11 is 0. The number of aryl methyl sites for hydroxylation is 1. The summed E-state index contributed by atoms with van der Waals surface area (Å²) in [7, 11) is 0. The molecule has 0 aliphatic rings. The average Bonchev–Trinajstić information content (AvgIpc) is 2.71. The molecule has 0 heterocycles. The zero-order valence-corrected chi connectivity index (χ0v) is 18.7. The molecule has 5 heteroatoms. The molecule has 0 aliphatic heterocycles. The molecule has 1 amide bonds. The lowest BCUT2D eigenvalue weighted by molar-refractivity contribution is -0.124. The van der Waals surface area contributed by atoms with E-state index < -0.39 is 11.5 Å². The van der Waals surface area contributed by atoms with Gasteiger partial charge in [0, 0.05) is 12.0 Å². The van der Waals surface area contributed by atoms with Crippen molar-refractivity contribution in [1.29, 1.82) is 0 Å². The molecule has 0 saturated heterocycles. The molecule has 0 spiro atoms. The summed E-state index contributed by atoms with van der Waals surface area (Å²) in [5.41, 5.74) is 1.99. The zero-order valence-electron chi connectivity index (χ0n) is 18.7. The van der Waals surface area contributed by atoms with Gasteiger partial charge < -0.3 is 14.8 Å². The van der Waals surface area contributed by atoms with Gasteiger partial charge in [-0.1, -0.05) is 74.0 Å². The number of hydrogen-bond acceptors (Lipinski definition) is 4. The maximum Gasteiger partial charge on any atom is 0.407 e. The Hall–Kier alpha value is -2.66. The molecule has 0 aliphatic carbocycles. The number of hydrogen-bond donors (Lipinski definition) is 1. The number of alkyl carbamates (subject to hydrolysis) is 1. The van der Waals surface area contributed by atoms with Crippen LogP contribution in [0.5, 0.6) is 0 Å². The van der Waals surface area contributed by atoms with Gasteiger partial charge in [-0.15, -0.1) is 0 Å². The number of ether oxygens (including phenoxy) is 2. The number of nitrogens with one attached hydrogen (secondary N) is 1. The van der Waals surface area contributed by atoms with Crippen LogP contribution in [0.2, 0.25) is 0 Å². The molecule has 30 heavy (non-hydrogen) atoms. The minimum Gasteiger partial charge on any atom is -0.445 e. The van der Waals surface area contributed by atoms with Crippen LogP contribution in [0, 0.1) is 12.3 Å². The molecule has 0 bridgehead atoms. The largest absolute Gasteiger partial charge is 0.445 e. The van der Waals surface area contributed by atoms with Crippen molar-refractivity contribution in [3.63, 3.8) is 0 Å². The van der Waals surface area contributed by atoms with Crippen LogP contribution in [0.4, 0.5) is 4.79 Å². The van der Waals surface area contributed by atoms with Crippen LogP contribution in [0.1, 0.15) is 44.4 Å². The third kappa shape index (κ3) is 6.99. The highest BCUT2D eigenvalue weighted by Gasteiger charge is 2.33. The molecule has 0 fully saturated rings. The Bertz CT molecular complexity index is 847. The van der Waals surface area contributed by atoms with Gasteiger partial charge in [0.1, 0.15) is 12.4 Å². The highest BCUT2D eigenvalue weighted by Crippen LogP contribution is 2.27. The molecule has 0 saturated carbocycles. The van der Waals surface area contributed by atoms with Crippen LogP contribution in [-0.4, -0.2) is 31.6 Å². The first-order valence-corrected chi connectivity index (χ1v) is 10.2. The van der Waals surface area contributed by atoms with E-state index in [2.05, 4.69) is 5.32 Å². The molecular formula is C25H33NO4. The Balaban J connectivity index is 1.83. The van der Waals surface area contributed by atoms with Crippen LogP contribution in [0.3, 0.4) is 0 Å². The summed E-state index contributed by atoms with van der Waals surface area (Å²) in [6.07, 6.45) is -0.458. The van der Waals surface area contributed by atoms with Gasteiger partial charge in [-0.25, -0.2) is 4.79 Å². The van der Waals surface area contributed by atoms with Crippen molar-refractivity contribution in [2.45, 2.75) is 46.6 Å². The molecule has 162 valence electrons. The maximum atomic E-state index is 12.4. The van der Waals surface area contributed by atoms with E-state index in [9.17, 15) is 9.59 Å². The lowest BCUT2D eigenvalue weighted by Crippen LogP contribution is -2.40. The number of rotatable bonds is 10. The molecule has 1 N–H and O–H groups in total. The molecule has 5 nitrogen and oxygen atoms in total. The van der Waals surface area contributed by atoms with Crippen LogP contribution in [0.15, 0.2) is 54.6 Å². The third-order valence-electron chi connectivity index (χ3n) is 5.24. The van der Waals surface area contributed by atoms with Crippen LogP contribution < -0.4 is 5.32 Å². The standard InChI is InChI=1S/C25H33NO4/c1-19-10-9-13-22(14-19)25(5,20(2)27)18-29-17-24(3,4)16-26-23(28)30-15-21-11-7-6-8-12-21/h6-14H,15-18H2,1-5H3,(H,26,28). The summed E-state index contributed by atoms with van der Waals surface area (Å²) in [4.78, 5) is 24.4. The Kier molecular flexibility index (Phi) is 8.18. The normalized spacial score (nSPS) is 13.4. The summed E-state index contributed by atoms with van der Waals surface area (Å²) in [5, 5.41) is 2.79. The fourth-order valence-electron chi connectivity index (χ4n) is 3.04. The number of ketones is 1. The molecular weight excluding hydrogens is 378 g/mol. The minimum absolute atomic E-state index is 0.0634. The maximum absolute atomic E-state index is 12.4. The van der Waals surface area contributed by atoms with Crippen LogP contribution in [-0.2, 0) is 26.3 Å². The Morgan fingerprint density at radius 3 is 2.30 bits per heavy atom. The molecule has 1 unspecified atom stereocenters. The smallest absolute Gasteiger partial charge is 0.407 e. The van der Waals surface area contributed by atoms with Gasteiger partial charge in [-0.3, -0.25) is 4.79 Å². The fourth-order valence-corrected chi connectivity index (χ4v) is 3.04. The first-order valence-electron chi connectivity index (χ1n) is 10.2. The van der Waals surface area contributed by atoms with Crippen molar-refractivity contribution in [2.24, 2.45) is 5.41 Å². The highest BCUT2D eigenvalue weighted by atomic mass is 16.5. The molecule has 0 radical (unpaired) electrons. The van der Waals surface area contributed by atoms with E-state index in [1.54, 1.807) is 6.92 Å². The van der Waals surface area contributed by atoms with E-state index in [1.807, 2.05) is 82.3 Å². The van der Waals surface area contributed by atoms with Crippen molar-refractivity contribution < 1.29 is 19.1 Å². The van der Waals surface area contributed by atoms with Gasteiger partial charge >= 0.3 is 6.09 Å². The van der Waals surface area contributed by atoms with Crippen molar-refractivity contribution in [1.82, 2.24) is 5.32 Å². The van der Waals surface area contributed by atoms with Crippen LogP contribution in [0.25, 0.3) is 0 Å². The predicted octanol–water partition coefficient (Wildman–Crippen LogP) is 4.81. The van der Waals surface area contributed by atoms with Crippen molar-refractivity contribution in [3.05, 3.63) is 71.3 Å². The van der Waals surface area contributed by atoms with Gasteiger partial charge in [-0.2, -0.15) is 0 Å². The number of carbonyl (C=O) groups is 2. The second-order valence-electron chi connectivity index (χ2n) is 8.83. The fraction of sp³-hybridized carbons (Fsp3) is 0.440. The van der Waals surface area contributed by atoms with E-state index >= 15 is 0 Å². The number of carbonyl (C=O) groups excluding carboxylic acids is 2. The number of amides is 1. The van der Waals surface area contributed by atoms with Gasteiger partial charge in [-0.05, 0) is 31.9 Å². The molecule has 1 atom stereocenters. The number of benzene rings is 2. The summed E-state index contributed by atoms with van der Waals surface area (Å²) < 4.78 is 11.2. The quantitative estimate of drug-likeness (QED) is 0.609. The average molecular weight is 412 g/mol. The minimum atomic E-state index is -0.704. The first-order chi connectivity index (χ1) is 14.1. The summed E-state index contributed by atoms with van der Waals surface area (Å²) in [6, 6.07) is 17.5. The van der Waals surface area contributed by atoms with E-state index in [4.69, 9.17) is 9.47 Å². The van der Waals surface area contributed by atoms with Crippen molar-refractivity contribution in [2.75, 3.05) is 19.8 Å². The lowest BCUT2D eigenvalue weighted by Gasteiger charge is -2.30. The first kappa shape index (κ1) is 23.6. The van der Waals surface area contributed by atoms with E-state index in [-0.39, 0.29) is 24.4 Å². The van der Waals surface area contributed by atoms with Crippen molar-refractivity contribution in [3.8, 4) is 0 Å². The molecule has 2 aromatic carbocycles. The molecule has 2 aromatic rings. The second kappa shape index (κ2) is 10.4. The molecule has 2 rings (SSSR count). The summed E-state index contributed by atoms with van der Waals surface area (Å²) in [5.74, 6) is 0.0634. The Labute approximate surface area is 179 Å². The Morgan fingerprint density at radius 2 is 1.67 bits per heavy atom. The second-order valence-corrected chi connectivity index (χ2v) is 8.83. The van der Waals surface area contributed by atoms with Crippen molar-refractivity contribution >= 4 is 11.9 Å². The van der Waals surface area contributed by atoms with Crippen LogP contribution >= 0.6 is 0 Å². The number of Topliss-reactive ketones (excluding diaryl/α,β-unsaturated/α-hetero) is 1. The summed E-state index contributed by atoms with van der Waals surface area (Å²) in [6.45, 7) is 10.9. The van der Waals surface area contributed by atoms with Gasteiger partial charge in [0.05, 0.1) is 18.6 Å². The van der Waals surface area contributed by atoms with E-state index in [1.165, 1.54) is 0 Å². The SMILES string of the molecule is CC(=O)C(C)(COCC(C)(C)CNC(=O)OCc1ccccc1)c1cccc(C)c1. The van der Waals surface area contributed by atoms with Gasteiger partial charge in [0.2, 0.25) is 0 Å². The third-order valence-corrected chi connectivity index (χ3v) is 5.24. The Morgan fingerprint density at radius 1 is 0.967 bits per heavy atom. The monoisotopic (exact) mass is 411 g/mol. The topological polar surface area (TPSA) is 64.6 Å². The zero-order chi connectivity index (χ0) is 22.2. The van der Waals surface area contributed by atoms with E-state index in [0.29, 0.717) is 13.2 Å². The van der Waals surface area contributed by atoms with Gasteiger partial charge in [0.15, 0.2) is 0 Å².